The Kier molecular flexibility index (Phi) is 4.22. The van der Waals surface area contributed by atoms with Gasteiger partial charge in [-0.15, -0.1) is 0 Å². The lowest BCUT2D eigenvalue weighted by Crippen LogP contribution is -2.42. The minimum Gasteiger partial charge on any atom is -0.361 e. The van der Waals surface area contributed by atoms with Crippen LogP contribution in [-0.2, 0) is 6.18 Å². The first kappa shape index (κ1) is 15.5. The van der Waals surface area contributed by atoms with Gasteiger partial charge in [-0.25, -0.2) is 13.8 Å². The lowest BCUT2D eigenvalue weighted by molar-refractivity contribution is -0.138. The van der Waals surface area contributed by atoms with Gasteiger partial charge < -0.3 is 5.32 Å². The molecule has 1 atom stereocenters. The van der Waals surface area contributed by atoms with E-state index in [0.29, 0.717) is 12.8 Å². The maximum atomic E-state index is 13.6. The molecule has 2 nitrogen and oxygen atoms in total. The van der Waals surface area contributed by atoms with Crippen molar-refractivity contribution in [2.24, 2.45) is 0 Å². The van der Waals surface area contributed by atoms with Crippen LogP contribution in [-0.4, -0.2) is 16.9 Å². The summed E-state index contributed by atoms with van der Waals surface area (Å²) in [7, 11) is 0. The maximum absolute atomic E-state index is 13.6. The molecule has 0 spiro atoms. The molecule has 0 amide bonds. The fourth-order valence-electron chi connectivity index (χ4n) is 2.19. The Bertz CT molecular complexity index is 489. The summed E-state index contributed by atoms with van der Waals surface area (Å²) in [6, 6.07) is -0.430. The van der Waals surface area contributed by atoms with Gasteiger partial charge in [-0.1, -0.05) is 6.42 Å². The second-order valence-corrected chi connectivity index (χ2v) is 5.61. The van der Waals surface area contributed by atoms with Crippen LogP contribution in [0.25, 0.3) is 0 Å². The van der Waals surface area contributed by atoms with Gasteiger partial charge in [-0.3, -0.25) is 0 Å². The van der Waals surface area contributed by atoms with Gasteiger partial charge in [0.2, 0.25) is 0 Å². The molecule has 0 aliphatic heterocycles. The van der Waals surface area contributed by atoms with Crippen molar-refractivity contribution in [1.82, 2.24) is 4.98 Å². The molecular weight excluding hydrogens is 347 g/mol. The summed E-state index contributed by atoms with van der Waals surface area (Å²) in [5, 5.41) is 2.43. The number of hydrogen-bond donors (Lipinski definition) is 1. The van der Waals surface area contributed by atoms with Crippen LogP contribution in [0.5, 0.6) is 0 Å². The lowest BCUT2D eigenvalue weighted by Gasteiger charge is -2.32. The predicted molar refractivity (Wildman–Crippen MR) is 67.8 cm³/mol. The van der Waals surface area contributed by atoms with Crippen molar-refractivity contribution >= 4 is 21.7 Å². The molecule has 20 heavy (non-hydrogen) atoms. The van der Waals surface area contributed by atoms with Crippen LogP contribution in [0.2, 0.25) is 0 Å². The molecule has 2 rings (SSSR count). The van der Waals surface area contributed by atoms with Gasteiger partial charge in [-0.2, -0.15) is 13.2 Å². The molecule has 1 aliphatic carbocycles. The fourth-order valence-corrected chi connectivity index (χ4v) is 2.63. The van der Waals surface area contributed by atoms with Crippen molar-refractivity contribution in [3.8, 4) is 0 Å². The predicted octanol–water partition coefficient (Wildman–Crippen LogP) is 4.85. The van der Waals surface area contributed by atoms with Crippen LogP contribution in [0.15, 0.2) is 16.7 Å². The van der Waals surface area contributed by atoms with Crippen molar-refractivity contribution in [2.75, 3.05) is 5.32 Å². The largest absolute Gasteiger partial charge is 0.417 e. The van der Waals surface area contributed by atoms with Crippen LogP contribution in [0.3, 0.4) is 0 Å². The molecular formula is C12H12BrF5N2. The number of aromatic nitrogens is 1. The van der Waals surface area contributed by atoms with E-state index in [0.717, 1.165) is 12.3 Å². The average Bonchev–Trinajstić information content (AvgIpc) is 2.32. The number of rotatable bonds is 2. The molecule has 1 aromatic heterocycles. The Labute approximate surface area is 120 Å². The van der Waals surface area contributed by atoms with E-state index in [1.807, 2.05) is 0 Å². The van der Waals surface area contributed by atoms with E-state index in [1.54, 1.807) is 0 Å². The molecule has 1 unspecified atom stereocenters. The lowest BCUT2D eigenvalue weighted by atomic mass is 9.91. The Morgan fingerprint density at radius 3 is 2.60 bits per heavy atom. The molecule has 1 saturated carbocycles. The standard InChI is InChI=1S/C12H12BrF5N2/c13-8-6-19-10(5-7(8)12(16,17)18)20-9-3-1-2-4-11(9,14)15/h5-6,9H,1-4H2,(H,19,20). The molecule has 1 heterocycles. The summed E-state index contributed by atoms with van der Waals surface area (Å²) in [5.74, 6) is -3.11. The summed E-state index contributed by atoms with van der Waals surface area (Å²) in [4.78, 5) is 3.72. The SMILES string of the molecule is FC(F)(F)c1cc(NC2CCCCC2(F)F)ncc1Br. The molecule has 0 aromatic carbocycles. The number of anilines is 1. The molecule has 0 radical (unpaired) electrons. The van der Waals surface area contributed by atoms with Gasteiger partial charge in [0.25, 0.3) is 5.92 Å². The zero-order chi connectivity index (χ0) is 15.0. The number of pyridine rings is 1. The highest BCUT2D eigenvalue weighted by atomic mass is 79.9. The summed E-state index contributed by atoms with van der Waals surface area (Å²) in [6.45, 7) is 0. The average molecular weight is 359 g/mol. The molecule has 1 aromatic rings. The fraction of sp³-hybridized carbons (Fsp3) is 0.583. The molecule has 112 valence electrons. The zero-order valence-corrected chi connectivity index (χ0v) is 11.9. The Hall–Kier alpha value is -0.920. The summed E-state index contributed by atoms with van der Waals surface area (Å²) in [6.07, 6.45) is -2.60. The van der Waals surface area contributed by atoms with Crippen LogP contribution < -0.4 is 5.32 Å². The highest BCUT2D eigenvalue weighted by Crippen LogP contribution is 2.38. The van der Waals surface area contributed by atoms with E-state index in [9.17, 15) is 22.0 Å². The molecule has 0 bridgehead atoms. The minimum atomic E-state index is -4.56. The van der Waals surface area contributed by atoms with Crippen molar-refractivity contribution in [1.29, 1.82) is 0 Å². The van der Waals surface area contributed by atoms with Crippen molar-refractivity contribution < 1.29 is 22.0 Å². The number of halogens is 6. The monoisotopic (exact) mass is 358 g/mol. The Morgan fingerprint density at radius 2 is 2.00 bits per heavy atom. The van der Waals surface area contributed by atoms with E-state index in [4.69, 9.17) is 0 Å². The molecule has 1 fully saturated rings. The van der Waals surface area contributed by atoms with Gasteiger partial charge in [-0.05, 0) is 34.8 Å². The normalized spacial score (nSPS) is 22.6. The first-order chi connectivity index (χ1) is 9.20. The summed E-state index contributed by atoms with van der Waals surface area (Å²) in [5.41, 5.74) is -0.936. The third-order valence-corrected chi connectivity index (χ3v) is 3.88. The smallest absolute Gasteiger partial charge is 0.361 e. The second-order valence-electron chi connectivity index (χ2n) is 4.75. The van der Waals surface area contributed by atoms with Gasteiger partial charge in [0, 0.05) is 17.1 Å². The third-order valence-electron chi connectivity index (χ3n) is 3.25. The van der Waals surface area contributed by atoms with Crippen molar-refractivity contribution in [3.63, 3.8) is 0 Å². The van der Waals surface area contributed by atoms with E-state index in [2.05, 4.69) is 26.2 Å². The van der Waals surface area contributed by atoms with Gasteiger partial charge in [0.1, 0.15) is 5.82 Å². The minimum absolute atomic E-state index is 0.188. The topological polar surface area (TPSA) is 24.9 Å². The number of alkyl halides is 5. The van der Waals surface area contributed by atoms with Crippen LogP contribution in [0, 0.1) is 0 Å². The number of nitrogens with zero attached hydrogens (tertiary/aromatic N) is 1. The Morgan fingerprint density at radius 1 is 1.30 bits per heavy atom. The van der Waals surface area contributed by atoms with E-state index >= 15 is 0 Å². The molecule has 1 aliphatic rings. The molecule has 8 heteroatoms. The van der Waals surface area contributed by atoms with Crippen LogP contribution in [0.1, 0.15) is 31.2 Å². The highest BCUT2D eigenvalue weighted by Gasteiger charge is 2.42. The molecule has 1 N–H and O–H groups in total. The summed E-state index contributed by atoms with van der Waals surface area (Å²) < 4.78 is 65.3. The zero-order valence-electron chi connectivity index (χ0n) is 10.3. The van der Waals surface area contributed by atoms with Gasteiger partial charge in [0.15, 0.2) is 0 Å². The van der Waals surface area contributed by atoms with Crippen LogP contribution in [0.4, 0.5) is 27.8 Å². The van der Waals surface area contributed by atoms with E-state index in [-0.39, 0.29) is 23.1 Å². The quantitative estimate of drug-likeness (QED) is 0.764. The highest BCUT2D eigenvalue weighted by molar-refractivity contribution is 9.10. The second kappa shape index (κ2) is 5.46. The Balaban J connectivity index is 2.22. The third kappa shape index (κ3) is 3.39. The first-order valence-electron chi connectivity index (χ1n) is 6.07. The first-order valence-corrected chi connectivity index (χ1v) is 6.86. The summed E-state index contributed by atoms with van der Waals surface area (Å²) >= 11 is 2.76. The number of nitrogens with one attached hydrogen (secondary N) is 1. The maximum Gasteiger partial charge on any atom is 0.417 e. The number of hydrogen-bond acceptors (Lipinski definition) is 2. The molecule has 0 saturated heterocycles. The van der Waals surface area contributed by atoms with Crippen molar-refractivity contribution in [3.05, 3.63) is 22.3 Å². The van der Waals surface area contributed by atoms with E-state index in [1.165, 1.54) is 0 Å². The van der Waals surface area contributed by atoms with Crippen LogP contribution >= 0.6 is 15.9 Å². The van der Waals surface area contributed by atoms with Gasteiger partial charge in [0.05, 0.1) is 11.6 Å². The van der Waals surface area contributed by atoms with Crippen molar-refractivity contribution in [2.45, 2.75) is 43.8 Å². The van der Waals surface area contributed by atoms with E-state index < -0.39 is 23.7 Å². The van der Waals surface area contributed by atoms with Gasteiger partial charge >= 0.3 is 6.18 Å².